The fourth-order valence-corrected chi connectivity index (χ4v) is 4.17. The highest BCUT2D eigenvalue weighted by atomic mass is 16.5. The molecule has 1 aliphatic rings. The van der Waals surface area contributed by atoms with Gasteiger partial charge in [-0.2, -0.15) is 5.10 Å². The SMILES string of the molecule is COc1ccc(-c2c3c(nn2-c2ccccc2)-c2ccccc2CC3)cc1OC. The minimum Gasteiger partial charge on any atom is -0.493 e. The zero-order chi connectivity index (χ0) is 19.8. The first-order chi connectivity index (χ1) is 14.3. The number of ether oxygens (including phenoxy) is 2. The Hall–Kier alpha value is -3.53. The molecule has 4 nitrogen and oxygen atoms in total. The van der Waals surface area contributed by atoms with Crippen LogP contribution in [0.5, 0.6) is 11.5 Å². The highest BCUT2D eigenvalue weighted by molar-refractivity contribution is 5.80. The summed E-state index contributed by atoms with van der Waals surface area (Å²) in [4.78, 5) is 0. The van der Waals surface area contributed by atoms with E-state index < -0.39 is 0 Å². The molecule has 4 heteroatoms. The molecule has 0 radical (unpaired) electrons. The zero-order valence-electron chi connectivity index (χ0n) is 16.6. The summed E-state index contributed by atoms with van der Waals surface area (Å²) in [5, 5.41) is 5.08. The fourth-order valence-electron chi connectivity index (χ4n) is 4.17. The summed E-state index contributed by atoms with van der Waals surface area (Å²) < 4.78 is 13.1. The van der Waals surface area contributed by atoms with Crippen molar-refractivity contribution in [3.63, 3.8) is 0 Å². The van der Waals surface area contributed by atoms with Crippen LogP contribution in [0.4, 0.5) is 0 Å². The lowest BCUT2D eigenvalue weighted by Gasteiger charge is -2.17. The molecular formula is C25H22N2O2. The lowest BCUT2D eigenvalue weighted by Crippen LogP contribution is -2.03. The molecule has 0 amide bonds. The molecule has 0 spiro atoms. The van der Waals surface area contributed by atoms with Gasteiger partial charge in [0.1, 0.15) is 0 Å². The van der Waals surface area contributed by atoms with Crippen LogP contribution >= 0.6 is 0 Å². The molecule has 0 fully saturated rings. The lowest BCUT2D eigenvalue weighted by atomic mass is 9.88. The molecule has 4 aromatic rings. The largest absolute Gasteiger partial charge is 0.493 e. The highest BCUT2D eigenvalue weighted by Gasteiger charge is 2.26. The minimum atomic E-state index is 0.718. The predicted molar refractivity (Wildman–Crippen MR) is 115 cm³/mol. The van der Waals surface area contributed by atoms with E-state index in [9.17, 15) is 0 Å². The summed E-state index contributed by atoms with van der Waals surface area (Å²) in [7, 11) is 3.33. The van der Waals surface area contributed by atoms with Gasteiger partial charge in [-0.1, -0.05) is 42.5 Å². The number of nitrogens with zero attached hydrogens (tertiary/aromatic N) is 2. The van der Waals surface area contributed by atoms with Gasteiger partial charge in [-0.3, -0.25) is 0 Å². The molecule has 144 valence electrons. The third-order valence-electron chi connectivity index (χ3n) is 5.56. The van der Waals surface area contributed by atoms with E-state index in [1.165, 1.54) is 16.7 Å². The Morgan fingerprint density at radius 3 is 2.34 bits per heavy atom. The Morgan fingerprint density at radius 2 is 1.55 bits per heavy atom. The average molecular weight is 382 g/mol. The number of rotatable bonds is 4. The number of hydrogen-bond acceptors (Lipinski definition) is 3. The van der Waals surface area contributed by atoms with Gasteiger partial charge in [0.25, 0.3) is 0 Å². The first kappa shape index (κ1) is 17.6. The summed E-state index contributed by atoms with van der Waals surface area (Å²) in [6.45, 7) is 0. The lowest BCUT2D eigenvalue weighted by molar-refractivity contribution is 0.355. The summed E-state index contributed by atoms with van der Waals surface area (Å²) in [6, 6.07) is 24.9. The van der Waals surface area contributed by atoms with E-state index in [2.05, 4.69) is 47.1 Å². The Bertz CT molecular complexity index is 1180. The van der Waals surface area contributed by atoms with Crippen molar-refractivity contribution in [1.82, 2.24) is 9.78 Å². The number of aromatic nitrogens is 2. The fraction of sp³-hybridized carbons (Fsp3) is 0.160. The second-order valence-electron chi connectivity index (χ2n) is 7.15. The second-order valence-corrected chi connectivity index (χ2v) is 7.15. The molecule has 0 saturated heterocycles. The van der Waals surface area contributed by atoms with E-state index in [-0.39, 0.29) is 0 Å². The molecule has 5 rings (SSSR count). The Kier molecular flexibility index (Phi) is 4.32. The maximum absolute atomic E-state index is 5.57. The van der Waals surface area contributed by atoms with Crippen molar-refractivity contribution in [2.75, 3.05) is 14.2 Å². The molecule has 3 aromatic carbocycles. The van der Waals surface area contributed by atoms with Crippen molar-refractivity contribution < 1.29 is 9.47 Å². The van der Waals surface area contributed by atoms with Crippen molar-refractivity contribution in [2.24, 2.45) is 0 Å². The van der Waals surface area contributed by atoms with Crippen LogP contribution in [-0.2, 0) is 12.8 Å². The molecule has 0 unspecified atom stereocenters. The van der Waals surface area contributed by atoms with Gasteiger partial charge in [-0.25, -0.2) is 4.68 Å². The van der Waals surface area contributed by atoms with Crippen LogP contribution in [0.25, 0.3) is 28.2 Å². The third kappa shape index (κ3) is 2.88. The Labute approximate surface area is 170 Å². The molecule has 0 aliphatic heterocycles. The van der Waals surface area contributed by atoms with Crippen LogP contribution in [0.15, 0.2) is 72.8 Å². The maximum Gasteiger partial charge on any atom is 0.161 e. The number of para-hydroxylation sites is 1. The van der Waals surface area contributed by atoms with Crippen LogP contribution in [0, 0.1) is 0 Å². The van der Waals surface area contributed by atoms with Crippen molar-refractivity contribution in [3.05, 3.63) is 83.9 Å². The average Bonchev–Trinajstić information content (AvgIpc) is 3.19. The van der Waals surface area contributed by atoms with E-state index >= 15 is 0 Å². The number of aryl methyl sites for hydroxylation is 1. The quantitative estimate of drug-likeness (QED) is 0.479. The van der Waals surface area contributed by atoms with Gasteiger partial charge in [0.2, 0.25) is 0 Å². The van der Waals surface area contributed by atoms with Crippen molar-refractivity contribution >= 4 is 0 Å². The normalized spacial score (nSPS) is 12.2. The molecule has 0 atom stereocenters. The second kappa shape index (κ2) is 7.13. The van der Waals surface area contributed by atoms with Crippen LogP contribution in [0.2, 0.25) is 0 Å². The summed E-state index contributed by atoms with van der Waals surface area (Å²) >= 11 is 0. The van der Waals surface area contributed by atoms with Crippen molar-refractivity contribution in [1.29, 1.82) is 0 Å². The molecular weight excluding hydrogens is 360 g/mol. The molecule has 1 aromatic heterocycles. The van der Waals surface area contributed by atoms with Crippen molar-refractivity contribution in [2.45, 2.75) is 12.8 Å². The number of hydrogen-bond donors (Lipinski definition) is 0. The highest BCUT2D eigenvalue weighted by Crippen LogP contribution is 2.41. The van der Waals surface area contributed by atoms with Gasteiger partial charge in [0, 0.05) is 16.7 Å². The summed E-state index contributed by atoms with van der Waals surface area (Å²) in [5.74, 6) is 1.44. The van der Waals surface area contributed by atoms with Gasteiger partial charge in [-0.05, 0) is 48.7 Å². The van der Waals surface area contributed by atoms with Crippen LogP contribution < -0.4 is 9.47 Å². The molecule has 0 N–H and O–H groups in total. The number of methoxy groups -OCH3 is 2. The van der Waals surface area contributed by atoms with Gasteiger partial charge in [0.05, 0.1) is 31.3 Å². The van der Waals surface area contributed by atoms with Crippen LogP contribution in [0.3, 0.4) is 0 Å². The molecule has 0 saturated carbocycles. The maximum atomic E-state index is 5.57. The van der Waals surface area contributed by atoms with Gasteiger partial charge < -0.3 is 9.47 Å². The molecule has 29 heavy (non-hydrogen) atoms. The van der Waals surface area contributed by atoms with Crippen LogP contribution in [0.1, 0.15) is 11.1 Å². The van der Waals surface area contributed by atoms with Gasteiger partial charge in [-0.15, -0.1) is 0 Å². The first-order valence-electron chi connectivity index (χ1n) is 9.78. The summed E-state index contributed by atoms with van der Waals surface area (Å²) in [6.07, 6.45) is 1.98. The number of fused-ring (bicyclic) bond motifs is 3. The monoisotopic (exact) mass is 382 g/mol. The molecule has 1 heterocycles. The van der Waals surface area contributed by atoms with Crippen molar-refractivity contribution in [3.8, 4) is 39.7 Å². The smallest absolute Gasteiger partial charge is 0.161 e. The number of benzene rings is 3. The Morgan fingerprint density at radius 1 is 0.793 bits per heavy atom. The van der Waals surface area contributed by atoms with Crippen LogP contribution in [-0.4, -0.2) is 24.0 Å². The molecule has 1 aliphatic carbocycles. The third-order valence-corrected chi connectivity index (χ3v) is 5.56. The zero-order valence-corrected chi connectivity index (χ0v) is 16.6. The van der Waals surface area contributed by atoms with E-state index in [4.69, 9.17) is 14.6 Å². The van der Waals surface area contributed by atoms with E-state index in [0.717, 1.165) is 47.0 Å². The molecule has 0 bridgehead atoms. The van der Waals surface area contributed by atoms with E-state index in [1.807, 2.05) is 30.3 Å². The van der Waals surface area contributed by atoms with Gasteiger partial charge >= 0.3 is 0 Å². The summed E-state index contributed by atoms with van der Waals surface area (Å²) in [5.41, 5.74) is 8.16. The predicted octanol–water partition coefficient (Wildman–Crippen LogP) is 5.32. The Balaban J connectivity index is 1.78. The van der Waals surface area contributed by atoms with Gasteiger partial charge in [0.15, 0.2) is 11.5 Å². The van der Waals surface area contributed by atoms with E-state index in [0.29, 0.717) is 0 Å². The minimum absolute atomic E-state index is 0.718. The first-order valence-corrected chi connectivity index (χ1v) is 9.78. The van der Waals surface area contributed by atoms with E-state index in [1.54, 1.807) is 14.2 Å². The topological polar surface area (TPSA) is 36.3 Å². The standard InChI is InChI=1S/C25H22N2O2/c1-28-22-15-13-18(16-23(22)29-2)25-21-14-12-17-8-6-7-11-20(17)24(21)26-27(25)19-9-4-3-5-10-19/h3-11,13,15-16H,12,14H2,1-2H3.